The molecule has 16 heavy (non-hydrogen) atoms. The second kappa shape index (κ2) is 5.01. The van der Waals surface area contributed by atoms with Crippen LogP contribution in [-0.2, 0) is 4.79 Å². The van der Waals surface area contributed by atoms with Gasteiger partial charge < -0.3 is 10.0 Å². The summed E-state index contributed by atoms with van der Waals surface area (Å²) in [5.74, 6) is -1.11. The monoisotopic (exact) mass is 221 g/mol. The molecule has 0 aliphatic heterocycles. The predicted molar refractivity (Wildman–Crippen MR) is 66.0 cm³/mol. The number of carboxylic acid groups (broad SMARTS) is 1. The molecule has 1 N–H and O–H groups in total. The number of aryl methyl sites for hydroxylation is 2. The van der Waals surface area contributed by atoms with Gasteiger partial charge in [-0.2, -0.15) is 0 Å². The molecule has 0 saturated heterocycles. The van der Waals surface area contributed by atoms with E-state index in [1.54, 1.807) is 6.92 Å². The SMILES string of the molecule is Cc1cccc(C)c1N(C)CC(C)C(=O)O. The van der Waals surface area contributed by atoms with Crippen LogP contribution in [0.25, 0.3) is 0 Å². The van der Waals surface area contributed by atoms with E-state index in [0.29, 0.717) is 6.54 Å². The molecule has 1 aromatic rings. The lowest BCUT2D eigenvalue weighted by Crippen LogP contribution is -2.29. The van der Waals surface area contributed by atoms with Gasteiger partial charge in [0.2, 0.25) is 0 Å². The Bertz CT molecular complexity index is 367. The molecule has 3 nitrogen and oxygen atoms in total. The normalized spacial score (nSPS) is 12.2. The first-order valence-corrected chi connectivity index (χ1v) is 5.43. The number of hydrogen-bond donors (Lipinski definition) is 1. The van der Waals surface area contributed by atoms with Crippen LogP contribution in [0.15, 0.2) is 18.2 Å². The summed E-state index contributed by atoms with van der Waals surface area (Å²) < 4.78 is 0. The van der Waals surface area contributed by atoms with E-state index in [-0.39, 0.29) is 5.92 Å². The van der Waals surface area contributed by atoms with Gasteiger partial charge in [0, 0.05) is 19.3 Å². The van der Waals surface area contributed by atoms with Crippen molar-refractivity contribution < 1.29 is 9.90 Å². The zero-order chi connectivity index (χ0) is 12.3. The largest absolute Gasteiger partial charge is 0.481 e. The number of hydrogen-bond acceptors (Lipinski definition) is 2. The zero-order valence-corrected chi connectivity index (χ0v) is 10.3. The smallest absolute Gasteiger partial charge is 0.308 e. The van der Waals surface area contributed by atoms with E-state index in [4.69, 9.17) is 5.11 Å². The van der Waals surface area contributed by atoms with E-state index >= 15 is 0 Å². The summed E-state index contributed by atoms with van der Waals surface area (Å²) in [4.78, 5) is 12.8. The van der Waals surface area contributed by atoms with Gasteiger partial charge in [-0.1, -0.05) is 25.1 Å². The number of para-hydroxylation sites is 1. The van der Waals surface area contributed by atoms with Crippen molar-refractivity contribution in [2.24, 2.45) is 5.92 Å². The third-order valence-electron chi connectivity index (χ3n) is 2.79. The topological polar surface area (TPSA) is 40.5 Å². The number of carboxylic acids is 1. The van der Waals surface area contributed by atoms with Crippen molar-refractivity contribution in [3.63, 3.8) is 0 Å². The summed E-state index contributed by atoms with van der Waals surface area (Å²) in [5.41, 5.74) is 3.50. The van der Waals surface area contributed by atoms with Crippen molar-refractivity contribution in [1.29, 1.82) is 0 Å². The highest BCUT2D eigenvalue weighted by Crippen LogP contribution is 2.23. The molecule has 0 aliphatic rings. The first-order valence-electron chi connectivity index (χ1n) is 5.43. The van der Waals surface area contributed by atoms with Crippen molar-refractivity contribution in [3.8, 4) is 0 Å². The van der Waals surface area contributed by atoms with Crippen LogP contribution in [0.1, 0.15) is 18.1 Å². The highest BCUT2D eigenvalue weighted by Gasteiger charge is 2.15. The standard InChI is InChI=1S/C13H19NO2/c1-9-6-5-7-10(2)12(9)14(4)8-11(3)13(15)16/h5-7,11H,8H2,1-4H3,(H,15,16). The minimum atomic E-state index is -0.752. The number of aliphatic carboxylic acids is 1. The summed E-state index contributed by atoms with van der Waals surface area (Å²) in [6, 6.07) is 6.11. The fraction of sp³-hybridized carbons (Fsp3) is 0.462. The maximum Gasteiger partial charge on any atom is 0.308 e. The van der Waals surface area contributed by atoms with E-state index in [9.17, 15) is 4.79 Å². The molecule has 0 saturated carbocycles. The molecule has 0 amide bonds. The summed E-state index contributed by atoms with van der Waals surface area (Å²) in [6.45, 7) is 6.35. The van der Waals surface area contributed by atoms with Gasteiger partial charge >= 0.3 is 5.97 Å². The molecule has 0 aromatic heterocycles. The Balaban J connectivity index is 2.88. The average molecular weight is 221 g/mol. The van der Waals surface area contributed by atoms with Gasteiger partial charge in [0.15, 0.2) is 0 Å². The summed E-state index contributed by atoms with van der Waals surface area (Å²) in [6.07, 6.45) is 0. The number of anilines is 1. The van der Waals surface area contributed by atoms with Crippen LogP contribution in [0.4, 0.5) is 5.69 Å². The van der Waals surface area contributed by atoms with Crippen molar-refractivity contribution in [2.45, 2.75) is 20.8 Å². The number of nitrogens with zero attached hydrogens (tertiary/aromatic N) is 1. The number of benzene rings is 1. The Morgan fingerprint density at radius 1 is 1.38 bits per heavy atom. The van der Waals surface area contributed by atoms with E-state index in [2.05, 4.69) is 0 Å². The van der Waals surface area contributed by atoms with E-state index in [1.807, 2.05) is 44.0 Å². The summed E-state index contributed by atoms with van der Waals surface area (Å²) in [5, 5.41) is 8.89. The third-order valence-corrected chi connectivity index (χ3v) is 2.79. The average Bonchev–Trinajstić information content (AvgIpc) is 2.16. The highest BCUT2D eigenvalue weighted by molar-refractivity contribution is 5.71. The first-order chi connectivity index (χ1) is 7.43. The molecule has 0 heterocycles. The molecule has 88 valence electrons. The van der Waals surface area contributed by atoms with Crippen LogP contribution < -0.4 is 4.90 Å². The fourth-order valence-electron chi connectivity index (χ4n) is 1.99. The quantitative estimate of drug-likeness (QED) is 0.849. The Labute approximate surface area is 96.7 Å². The lowest BCUT2D eigenvalue weighted by Gasteiger charge is -2.25. The molecule has 1 aromatic carbocycles. The predicted octanol–water partition coefficient (Wildman–Crippen LogP) is 2.46. The molecule has 0 bridgehead atoms. The lowest BCUT2D eigenvalue weighted by molar-refractivity contribution is -0.140. The number of rotatable bonds is 4. The van der Waals surface area contributed by atoms with Crippen LogP contribution in [-0.4, -0.2) is 24.7 Å². The van der Waals surface area contributed by atoms with Gasteiger partial charge in [-0.25, -0.2) is 0 Å². The number of carbonyl (C=O) groups is 1. The van der Waals surface area contributed by atoms with Gasteiger partial charge in [0.25, 0.3) is 0 Å². The second-order valence-corrected chi connectivity index (χ2v) is 4.36. The summed E-state index contributed by atoms with van der Waals surface area (Å²) in [7, 11) is 1.94. The molecule has 0 aliphatic carbocycles. The van der Waals surface area contributed by atoms with Gasteiger partial charge in [0.1, 0.15) is 0 Å². The van der Waals surface area contributed by atoms with Gasteiger partial charge in [-0.05, 0) is 25.0 Å². The molecule has 3 heteroatoms. The fourth-order valence-corrected chi connectivity index (χ4v) is 1.99. The molecule has 0 fully saturated rings. The van der Waals surface area contributed by atoms with Gasteiger partial charge in [-0.15, -0.1) is 0 Å². The summed E-state index contributed by atoms with van der Waals surface area (Å²) >= 11 is 0. The Morgan fingerprint density at radius 2 is 1.88 bits per heavy atom. The van der Waals surface area contributed by atoms with Crippen molar-refractivity contribution >= 4 is 11.7 Å². The van der Waals surface area contributed by atoms with E-state index in [1.165, 1.54) is 11.1 Å². The molecule has 0 spiro atoms. The second-order valence-electron chi connectivity index (χ2n) is 4.36. The van der Waals surface area contributed by atoms with Gasteiger partial charge in [-0.3, -0.25) is 4.79 Å². The van der Waals surface area contributed by atoms with Gasteiger partial charge in [0.05, 0.1) is 5.92 Å². The van der Waals surface area contributed by atoms with E-state index < -0.39 is 5.97 Å². The maximum absolute atomic E-state index is 10.8. The molecule has 1 atom stereocenters. The minimum Gasteiger partial charge on any atom is -0.481 e. The van der Waals surface area contributed by atoms with E-state index in [0.717, 1.165) is 5.69 Å². The molecular weight excluding hydrogens is 202 g/mol. The molecular formula is C13H19NO2. The van der Waals surface area contributed by atoms with Crippen LogP contribution in [0.5, 0.6) is 0 Å². The minimum absolute atomic E-state index is 0.357. The Hall–Kier alpha value is -1.51. The molecule has 1 unspecified atom stereocenters. The molecule has 1 rings (SSSR count). The Kier molecular flexibility index (Phi) is 3.93. The van der Waals surface area contributed by atoms with Crippen molar-refractivity contribution in [1.82, 2.24) is 0 Å². The Morgan fingerprint density at radius 3 is 2.31 bits per heavy atom. The highest BCUT2D eigenvalue weighted by atomic mass is 16.4. The molecule has 0 radical (unpaired) electrons. The van der Waals surface area contributed by atoms with Crippen LogP contribution in [0, 0.1) is 19.8 Å². The lowest BCUT2D eigenvalue weighted by atomic mass is 10.1. The van der Waals surface area contributed by atoms with Crippen LogP contribution in [0.2, 0.25) is 0 Å². The van der Waals surface area contributed by atoms with Crippen molar-refractivity contribution in [3.05, 3.63) is 29.3 Å². The first kappa shape index (κ1) is 12.6. The third kappa shape index (κ3) is 2.75. The van der Waals surface area contributed by atoms with Crippen LogP contribution >= 0.6 is 0 Å². The van der Waals surface area contributed by atoms with Crippen molar-refractivity contribution in [2.75, 3.05) is 18.5 Å². The van der Waals surface area contributed by atoms with Crippen LogP contribution in [0.3, 0.4) is 0 Å². The maximum atomic E-state index is 10.8. The zero-order valence-electron chi connectivity index (χ0n) is 10.3.